The summed E-state index contributed by atoms with van der Waals surface area (Å²) in [4.78, 5) is 17.9. The van der Waals surface area contributed by atoms with Crippen molar-refractivity contribution in [2.75, 3.05) is 0 Å². The summed E-state index contributed by atoms with van der Waals surface area (Å²) in [5.41, 5.74) is 1.98. The Morgan fingerprint density at radius 3 is 2.31 bits per heavy atom. The number of fused-ring (bicyclic) bond motifs is 1. The first kappa shape index (κ1) is 24.7. The summed E-state index contributed by atoms with van der Waals surface area (Å²) < 4.78 is 31.0. The Labute approximate surface area is 210 Å². The molecule has 0 unspecified atom stereocenters. The largest absolute Gasteiger partial charge is 0.467 e. The monoisotopic (exact) mass is 493 g/mol. The van der Waals surface area contributed by atoms with Crippen molar-refractivity contribution in [3.05, 3.63) is 95.9 Å². The van der Waals surface area contributed by atoms with Crippen LogP contribution in [0, 0.1) is 0 Å². The van der Waals surface area contributed by atoms with Gasteiger partial charge in [-0.2, -0.15) is 0 Å². The summed E-state index contributed by atoms with van der Waals surface area (Å²) in [7, 11) is 0. The van der Waals surface area contributed by atoms with Crippen molar-refractivity contribution in [1.82, 2.24) is 5.06 Å². The molecule has 2 aliphatic rings. The number of hydrogen-bond donors (Lipinski definition) is 0. The molecule has 0 aliphatic carbocycles. The van der Waals surface area contributed by atoms with Crippen LogP contribution in [0.4, 0.5) is 0 Å². The van der Waals surface area contributed by atoms with E-state index in [2.05, 4.69) is 0 Å². The molecule has 0 spiro atoms. The van der Waals surface area contributed by atoms with Crippen molar-refractivity contribution in [2.45, 2.75) is 70.4 Å². The SMILES string of the molecule is CC(=O)ON(Cc1ccccc1)[C@@H](c1ccco1)[C@H]1O[C@@H]2OC(C)(C)O[C@@H]2[C@H]1OCc1ccccc1. The minimum atomic E-state index is -0.811. The van der Waals surface area contributed by atoms with Crippen LogP contribution in [0.25, 0.3) is 0 Å². The summed E-state index contributed by atoms with van der Waals surface area (Å²) >= 11 is 0. The number of ether oxygens (including phenoxy) is 4. The molecule has 8 heteroatoms. The van der Waals surface area contributed by atoms with Crippen molar-refractivity contribution in [1.29, 1.82) is 0 Å². The van der Waals surface area contributed by atoms with Gasteiger partial charge in [0.15, 0.2) is 12.1 Å². The number of benzene rings is 2. The third kappa shape index (κ3) is 5.53. The second-order valence-electron chi connectivity index (χ2n) is 9.43. The first-order valence-corrected chi connectivity index (χ1v) is 12.1. The number of hydroxylamine groups is 2. The Kier molecular flexibility index (Phi) is 7.22. The highest BCUT2D eigenvalue weighted by atomic mass is 16.8. The average molecular weight is 494 g/mol. The van der Waals surface area contributed by atoms with Gasteiger partial charge in [-0.05, 0) is 37.1 Å². The molecule has 0 N–H and O–H groups in total. The van der Waals surface area contributed by atoms with Gasteiger partial charge >= 0.3 is 5.97 Å². The van der Waals surface area contributed by atoms with Crippen LogP contribution in [0.5, 0.6) is 0 Å². The van der Waals surface area contributed by atoms with E-state index in [-0.39, 0.29) is 0 Å². The zero-order valence-electron chi connectivity index (χ0n) is 20.6. The lowest BCUT2D eigenvalue weighted by molar-refractivity contribution is -0.256. The van der Waals surface area contributed by atoms with E-state index in [1.807, 2.05) is 80.6 Å². The quantitative estimate of drug-likeness (QED) is 0.395. The van der Waals surface area contributed by atoms with E-state index in [0.717, 1.165) is 11.1 Å². The Hall–Kier alpha value is -3.01. The van der Waals surface area contributed by atoms with Gasteiger partial charge in [0.05, 0.1) is 19.4 Å². The van der Waals surface area contributed by atoms with E-state index < -0.39 is 42.4 Å². The first-order chi connectivity index (χ1) is 17.4. The summed E-state index contributed by atoms with van der Waals surface area (Å²) in [6, 6.07) is 22.7. The minimum Gasteiger partial charge on any atom is -0.467 e. The van der Waals surface area contributed by atoms with Gasteiger partial charge in [-0.25, -0.2) is 0 Å². The van der Waals surface area contributed by atoms with Gasteiger partial charge in [-0.15, -0.1) is 5.06 Å². The van der Waals surface area contributed by atoms with Crippen LogP contribution in [0.2, 0.25) is 0 Å². The summed E-state index contributed by atoms with van der Waals surface area (Å²) in [5.74, 6) is -0.685. The lowest BCUT2D eigenvalue weighted by Crippen LogP contribution is -2.45. The van der Waals surface area contributed by atoms with Crippen molar-refractivity contribution in [2.24, 2.45) is 0 Å². The van der Waals surface area contributed by atoms with Gasteiger partial charge in [0.25, 0.3) is 0 Å². The van der Waals surface area contributed by atoms with E-state index in [1.54, 1.807) is 17.4 Å². The maximum atomic E-state index is 12.2. The van der Waals surface area contributed by atoms with Gasteiger partial charge in [-0.1, -0.05) is 60.7 Å². The fourth-order valence-corrected chi connectivity index (χ4v) is 4.76. The van der Waals surface area contributed by atoms with E-state index in [0.29, 0.717) is 18.9 Å². The van der Waals surface area contributed by atoms with Crippen LogP contribution >= 0.6 is 0 Å². The highest BCUT2D eigenvalue weighted by molar-refractivity contribution is 5.65. The van der Waals surface area contributed by atoms with Crippen LogP contribution in [-0.2, 0) is 41.7 Å². The molecule has 5 atom stereocenters. The predicted octanol–water partition coefficient (Wildman–Crippen LogP) is 4.76. The Morgan fingerprint density at radius 1 is 0.972 bits per heavy atom. The van der Waals surface area contributed by atoms with Gasteiger partial charge in [0, 0.05) is 6.92 Å². The van der Waals surface area contributed by atoms with Crippen molar-refractivity contribution in [3.63, 3.8) is 0 Å². The number of furan rings is 1. The molecule has 5 rings (SSSR count). The van der Waals surface area contributed by atoms with Gasteiger partial charge in [-0.3, -0.25) is 4.79 Å². The third-order valence-corrected chi connectivity index (χ3v) is 6.20. The number of carbonyl (C=O) groups excluding carboxylic acids is 1. The van der Waals surface area contributed by atoms with Crippen LogP contribution in [0.15, 0.2) is 83.5 Å². The third-order valence-electron chi connectivity index (χ3n) is 6.20. The zero-order valence-corrected chi connectivity index (χ0v) is 20.6. The summed E-state index contributed by atoms with van der Waals surface area (Å²) in [6.07, 6.45) is -0.668. The molecular formula is C28H31NO7. The Bertz CT molecular complexity index is 1120. The van der Waals surface area contributed by atoms with Crippen molar-refractivity contribution < 1.29 is 33.0 Å². The number of hydrogen-bond acceptors (Lipinski definition) is 8. The molecule has 2 saturated heterocycles. The predicted molar refractivity (Wildman–Crippen MR) is 129 cm³/mol. The molecule has 0 amide bonds. The van der Waals surface area contributed by atoms with Gasteiger partial charge in [0.1, 0.15) is 30.1 Å². The number of carbonyl (C=O) groups is 1. The molecular weight excluding hydrogens is 462 g/mol. The Balaban J connectivity index is 1.49. The van der Waals surface area contributed by atoms with Crippen molar-refractivity contribution in [3.8, 4) is 0 Å². The van der Waals surface area contributed by atoms with Crippen LogP contribution in [0.3, 0.4) is 0 Å². The molecule has 2 aliphatic heterocycles. The second-order valence-corrected chi connectivity index (χ2v) is 9.43. The molecule has 190 valence electrons. The molecule has 3 heterocycles. The maximum Gasteiger partial charge on any atom is 0.322 e. The lowest BCUT2D eigenvalue weighted by atomic mass is 10.00. The molecule has 2 aromatic carbocycles. The zero-order chi connectivity index (χ0) is 25.1. The normalized spacial score (nSPS) is 25.6. The lowest BCUT2D eigenvalue weighted by Gasteiger charge is -2.35. The van der Waals surface area contributed by atoms with E-state index in [1.165, 1.54) is 6.92 Å². The topological polar surface area (TPSA) is 79.6 Å². The van der Waals surface area contributed by atoms with Crippen LogP contribution < -0.4 is 0 Å². The second kappa shape index (κ2) is 10.5. The maximum absolute atomic E-state index is 12.2. The van der Waals surface area contributed by atoms with Crippen LogP contribution in [-0.4, -0.2) is 41.4 Å². The Morgan fingerprint density at radius 2 is 1.67 bits per heavy atom. The number of nitrogens with zero attached hydrogens (tertiary/aromatic N) is 1. The van der Waals surface area contributed by atoms with E-state index in [9.17, 15) is 4.79 Å². The standard InChI is InChI=1S/C28H31NO7/c1-19(30)36-29(17-20-11-6-4-7-12-20)23(22-15-10-16-31-22)24-25(32-18-21-13-8-5-9-14-21)26-27(33-24)35-28(2,3)34-26/h4-16,23-27H,17-18H2,1-3H3/t23-,24+,25-,26+,27+/m0/s1. The molecule has 3 aromatic rings. The first-order valence-electron chi connectivity index (χ1n) is 12.1. The minimum absolute atomic E-state index is 0.319. The highest BCUT2D eigenvalue weighted by Gasteiger charge is 2.59. The molecule has 0 saturated carbocycles. The fraction of sp³-hybridized carbons (Fsp3) is 0.393. The van der Waals surface area contributed by atoms with E-state index >= 15 is 0 Å². The summed E-state index contributed by atoms with van der Waals surface area (Å²) in [5, 5.41) is 1.59. The molecule has 1 aromatic heterocycles. The fourth-order valence-electron chi connectivity index (χ4n) is 4.76. The molecule has 8 nitrogen and oxygen atoms in total. The smallest absolute Gasteiger partial charge is 0.322 e. The molecule has 36 heavy (non-hydrogen) atoms. The average Bonchev–Trinajstić information content (AvgIpc) is 3.55. The molecule has 0 bridgehead atoms. The van der Waals surface area contributed by atoms with E-state index in [4.69, 9.17) is 28.2 Å². The molecule has 2 fully saturated rings. The van der Waals surface area contributed by atoms with Gasteiger partial charge < -0.3 is 28.2 Å². The van der Waals surface area contributed by atoms with Gasteiger partial charge in [0.2, 0.25) is 0 Å². The van der Waals surface area contributed by atoms with Crippen LogP contribution in [0.1, 0.15) is 43.7 Å². The highest BCUT2D eigenvalue weighted by Crippen LogP contribution is 2.44. The van der Waals surface area contributed by atoms with Crippen molar-refractivity contribution >= 4 is 5.97 Å². The number of rotatable bonds is 9. The molecule has 0 radical (unpaired) electrons. The summed E-state index contributed by atoms with van der Waals surface area (Å²) in [6.45, 7) is 5.75.